The number of carbonyl (C=O) groups is 1. The monoisotopic (exact) mass is 412 g/mol. The standard InChI is InChI=1S/C16H21BrN4O2S/c1-2-7-18-16(22)11-4-3-8-21(9-11)10-14-19-15(20-23-14)12-5-6-13(17)24-12/h5-6,11H,2-4,7-10H2,1H3,(H,18,22). The lowest BCUT2D eigenvalue weighted by molar-refractivity contribution is -0.126. The van der Waals surface area contributed by atoms with E-state index >= 15 is 0 Å². The lowest BCUT2D eigenvalue weighted by atomic mass is 9.97. The predicted octanol–water partition coefficient (Wildman–Crippen LogP) is 3.30. The Kier molecular flexibility index (Phi) is 6.02. The largest absolute Gasteiger partial charge is 0.356 e. The average molecular weight is 413 g/mol. The predicted molar refractivity (Wildman–Crippen MR) is 96.6 cm³/mol. The van der Waals surface area contributed by atoms with Gasteiger partial charge in [-0.05, 0) is 53.9 Å². The third-order valence-electron chi connectivity index (χ3n) is 4.05. The van der Waals surface area contributed by atoms with Gasteiger partial charge in [0.25, 0.3) is 0 Å². The summed E-state index contributed by atoms with van der Waals surface area (Å²) in [5.74, 6) is 1.44. The zero-order valence-electron chi connectivity index (χ0n) is 13.6. The van der Waals surface area contributed by atoms with E-state index in [1.165, 1.54) is 0 Å². The molecule has 0 aromatic carbocycles. The number of nitrogens with one attached hydrogen (secondary N) is 1. The molecule has 8 heteroatoms. The molecule has 1 N–H and O–H groups in total. The zero-order valence-corrected chi connectivity index (χ0v) is 16.0. The van der Waals surface area contributed by atoms with Crippen LogP contribution in [0.15, 0.2) is 20.4 Å². The fourth-order valence-corrected chi connectivity index (χ4v) is 4.16. The van der Waals surface area contributed by atoms with Crippen LogP contribution in [0.1, 0.15) is 32.1 Å². The number of thiophene rings is 1. The van der Waals surface area contributed by atoms with Crippen LogP contribution in [0.25, 0.3) is 10.7 Å². The molecule has 1 amide bonds. The van der Waals surface area contributed by atoms with E-state index in [1.807, 2.05) is 12.1 Å². The van der Waals surface area contributed by atoms with Gasteiger partial charge in [-0.15, -0.1) is 11.3 Å². The highest BCUT2D eigenvalue weighted by atomic mass is 79.9. The molecule has 0 bridgehead atoms. The molecule has 3 heterocycles. The van der Waals surface area contributed by atoms with Crippen molar-refractivity contribution in [1.29, 1.82) is 0 Å². The molecule has 0 saturated carbocycles. The van der Waals surface area contributed by atoms with Gasteiger partial charge in [0.15, 0.2) is 0 Å². The van der Waals surface area contributed by atoms with Crippen molar-refractivity contribution in [3.63, 3.8) is 0 Å². The Labute approximate surface area is 153 Å². The van der Waals surface area contributed by atoms with E-state index in [0.717, 1.165) is 47.6 Å². The Morgan fingerprint density at radius 3 is 3.17 bits per heavy atom. The molecular weight excluding hydrogens is 392 g/mol. The van der Waals surface area contributed by atoms with Crippen LogP contribution in [-0.4, -0.2) is 40.6 Å². The molecule has 0 radical (unpaired) electrons. The normalized spacial score (nSPS) is 18.7. The van der Waals surface area contributed by atoms with E-state index < -0.39 is 0 Å². The number of piperidine rings is 1. The molecule has 1 aliphatic heterocycles. The summed E-state index contributed by atoms with van der Waals surface area (Å²) in [7, 11) is 0. The highest BCUT2D eigenvalue weighted by Crippen LogP contribution is 2.29. The highest BCUT2D eigenvalue weighted by molar-refractivity contribution is 9.11. The van der Waals surface area contributed by atoms with E-state index in [4.69, 9.17) is 4.52 Å². The lowest BCUT2D eigenvalue weighted by Crippen LogP contribution is -2.42. The Morgan fingerprint density at radius 1 is 1.54 bits per heavy atom. The van der Waals surface area contributed by atoms with Gasteiger partial charge >= 0.3 is 0 Å². The minimum Gasteiger partial charge on any atom is -0.356 e. The van der Waals surface area contributed by atoms with Crippen molar-refractivity contribution in [2.24, 2.45) is 5.92 Å². The van der Waals surface area contributed by atoms with Crippen LogP contribution in [0.4, 0.5) is 0 Å². The second kappa shape index (κ2) is 8.22. The maximum atomic E-state index is 12.2. The number of hydrogen-bond donors (Lipinski definition) is 1. The summed E-state index contributed by atoms with van der Waals surface area (Å²) in [5.41, 5.74) is 0. The Hall–Kier alpha value is -1.25. The van der Waals surface area contributed by atoms with Gasteiger partial charge in [0.2, 0.25) is 17.6 Å². The molecule has 1 fully saturated rings. The van der Waals surface area contributed by atoms with Gasteiger partial charge < -0.3 is 9.84 Å². The first-order chi connectivity index (χ1) is 11.7. The third kappa shape index (κ3) is 4.43. The molecule has 0 spiro atoms. The fraction of sp³-hybridized carbons (Fsp3) is 0.562. The maximum absolute atomic E-state index is 12.2. The highest BCUT2D eigenvalue weighted by Gasteiger charge is 2.26. The van der Waals surface area contributed by atoms with Gasteiger partial charge in [-0.3, -0.25) is 9.69 Å². The van der Waals surface area contributed by atoms with Crippen LogP contribution in [0, 0.1) is 5.92 Å². The molecule has 24 heavy (non-hydrogen) atoms. The first kappa shape index (κ1) is 17.6. The van der Waals surface area contributed by atoms with Gasteiger partial charge in [-0.2, -0.15) is 4.98 Å². The van der Waals surface area contributed by atoms with Crippen LogP contribution >= 0.6 is 27.3 Å². The molecular formula is C16H21BrN4O2S. The molecule has 6 nitrogen and oxygen atoms in total. The van der Waals surface area contributed by atoms with Gasteiger partial charge in [-0.1, -0.05) is 12.1 Å². The number of aromatic nitrogens is 2. The first-order valence-corrected chi connectivity index (χ1v) is 9.85. The summed E-state index contributed by atoms with van der Waals surface area (Å²) in [6.45, 7) is 5.11. The van der Waals surface area contributed by atoms with Gasteiger partial charge in [0.05, 0.1) is 21.1 Å². The topological polar surface area (TPSA) is 71.3 Å². The number of amides is 1. The quantitative estimate of drug-likeness (QED) is 0.787. The van der Waals surface area contributed by atoms with E-state index in [-0.39, 0.29) is 11.8 Å². The molecule has 3 rings (SSSR count). The maximum Gasteiger partial charge on any atom is 0.241 e. The van der Waals surface area contributed by atoms with Crippen molar-refractivity contribution >= 4 is 33.2 Å². The van der Waals surface area contributed by atoms with Crippen LogP contribution in [0.3, 0.4) is 0 Å². The van der Waals surface area contributed by atoms with Crippen LogP contribution in [0.5, 0.6) is 0 Å². The number of carbonyl (C=O) groups excluding carboxylic acids is 1. The van der Waals surface area contributed by atoms with Crippen LogP contribution in [0.2, 0.25) is 0 Å². The van der Waals surface area contributed by atoms with Crippen molar-refractivity contribution in [3.8, 4) is 10.7 Å². The van der Waals surface area contributed by atoms with Gasteiger partial charge in [0.1, 0.15) is 0 Å². The van der Waals surface area contributed by atoms with E-state index in [0.29, 0.717) is 18.3 Å². The van der Waals surface area contributed by atoms with Crippen LogP contribution < -0.4 is 5.32 Å². The van der Waals surface area contributed by atoms with Crippen LogP contribution in [-0.2, 0) is 11.3 Å². The van der Waals surface area contributed by atoms with Gasteiger partial charge in [0, 0.05) is 13.1 Å². The Morgan fingerprint density at radius 2 is 2.42 bits per heavy atom. The number of hydrogen-bond acceptors (Lipinski definition) is 6. The summed E-state index contributed by atoms with van der Waals surface area (Å²) in [6, 6.07) is 3.94. The van der Waals surface area contributed by atoms with Crippen molar-refractivity contribution in [1.82, 2.24) is 20.4 Å². The van der Waals surface area contributed by atoms with Crippen molar-refractivity contribution in [2.75, 3.05) is 19.6 Å². The second-order valence-corrected chi connectivity index (χ2v) is 8.44. The van der Waals surface area contributed by atoms with Crippen molar-refractivity contribution < 1.29 is 9.32 Å². The van der Waals surface area contributed by atoms with Crippen molar-refractivity contribution in [2.45, 2.75) is 32.7 Å². The third-order valence-corrected chi connectivity index (χ3v) is 5.67. The Balaban J connectivity index is 1.57. The minimum absolute atomic E-state index is 0.0564. The molecule has 1 atom stereocenters. The minimum atomic E-state index is 0.0564. The summed E-state index contributed by atoms with van der Waals surface area (Å²) >= 11 is 5.02. The SMILES string of the molecule is CCCNC(=O)C1CCCN(Cc2nc(-c3ccc(Br)s3)no2)C1. The average Bonchev–Trinajstić information content (AvgIpc) is 3.22. The molecule has 130 valence electrons. The van der Waals surface area contributed by atoms with E-state index in [9.17, 15) is 4.79 Å². The molecule has 2 aromatic heterocycles. The summed E-state index contributed by atoms with van der Waals surface area (Å²) < 4.78 is 6.42. The number of likely N-dealkylation sites (tertiary alicyclic amines) is 1. The van der Waals surface area contributed by atoms with Gasteiger partial charge in [-0.25, -0.2) is 0 Å². The zero-order chi connectivity index (χ0) is 16.9. The molecule has 1 aliphatic rings. The van der Waals surface area contributed by atoms with E-state index in [1.54, 1.807) is 11.3 Å². The van der Waals surface area contributed by atoms with Crippen molar-refractivity contribution in [3.05, 3.63) is 21.8 Å². The smallest absolute Gasteiger partial charge is 0.241 e. The summed E-state index contributed by atoms with van der Waals surface area (Å²) in [5, 5.41) is 7.05. The number of halogens is 1. The number of nitrogens with zero attached hydrogens (tertiary/aromatic N) is 3. The molecule has 0 aliphatic carbocycles. The van der Waals surface area contributed by atoms with E-state index in [2.05, 4.69) is 43.2 Å². The molecule has 2 aromatic rings. The summed E-state index contributed by atoms with van der Waals surface area (Å²) in [6.07, 6.45) is 2.93. The number of rotatable bonds is 6. The lowest BCUT2D eigenvalue weighted by Gasteiger charge is -2.30. The Bertz CT molecular complexity index is 687. The summed E-state index contributed by atoms with van der Waals surface area (Å²) in [4.78, 5) is 19.8. The molecule has 1 saturated heterocycles. The molecule has 1 unspecified atom stereocenters. The first-order valence-electron chi connectivity index (χ1n) is 8.24. The second-order valence-electron chi connectivity index (χ2n) is 5.98. The fourth-order valence-electron chi connectivity index (χ4n) is 2.85.